The summed E-state index contributed by atoms with van der Waals surface area (Å²) in [5.41, 5.74) is 1.57. The Hall–Kier alpha value is -0.260. The summed E-state index contributed by atoms with van der Waals surface area (Å²) in [7, 11) is 0. The lowest BCUT2D eigenvalue weighted by molar-refractivity contribution is 0.347. The van der Waals surface area contributed by atoms with E-state index in [0.29, 0.717) is 5.92 Å². The maximum Gasteiger partial charge on any atom is -0.0288 e. The zero-order chi connectivity index (χ0) is 11.8. The summed E-state index contributed by atoms with van der Waals surface area (Å²) < 4.78 is 0. The second-order valence-electron chi connectivity index (χ2n) is 5.51. The first-order chi connectivity index (χ1) is 6.97. The minimum Gasteiger partial charge on any atom is -0.0830 e. The van der Waals surface area contributed by atoms with Crippen molar-refractivity contribution in [1.82, 2.24) is 0 Å². The number of allylic oxidation sites excluding steroid dienone is 2. The molecule has 15 heavy (non-hydrogen) atoms. The van der Waals surface area contributed by atoms with Crippen LogP contribution in [0.25, 0.3) is 0 Å². The lowest BCUT2D eigenvalue weighted by Gasteiger charge is -2.18. The molecule has 0 heterocycles. The normalized spacial score (nSPS) is 16.9. The predicted octanol–water partition coefficient (Wildman–Crippen LogP) is 5.44. The molecule has 0 nitrogen and oxygen atoms in total. The van der Waals surface area contributed by atoms with Crippen LogP contribution in [-0.4, -0.2) is 0 Å². The summed E-state index contributed by atoms with van der Waals surface area (Å²) in [6.07, 6.45) is 7.76. The fraction of sp³-hybridized carbons (Fsp3) is 0.867. The van der Waals surface area contributed by atoms with E-state index in [1.54, 1.807) is 5.57 Å². The van der Waals surface area contributed by atoms with E-state index in [9.17, 15) is 0 Å². The predicted molar refractivity (Wildman–Crippen MR) is 71.1 cm³/mol. The third-order valence-corrected chi connectivity index (χ3v) is 3.46. The Morgan fingerprint density at radius 1 is 1.07 bits per heavy atom. The van der Waals surface area contributed by atoms with Gasteiger partial charge in [0.2, 0.25) is 0 Å². The van der Waals surface area contributed by atoms with Gasteiger partial charge in [-0.3, -0.25) is 0 Å². The van der Waals surface area contributed by atoms with E-state index in [4.69, 9.17) is 0 Å². The number of hydrogen-bond acceptors (Lipinski definition) is 0. The van der Waals surface area contributed by atoms with E-state index < -0.39 is 0 Å². The van der Waals surface area contributed by atoms with E-state index in [-0.39, 0.29) is 0 Å². The summed E-state index contributed by atoms with van der Waals surface area (Å²) in [5.74, 6) is 2.48. The number of hydrogen-bond donors (Lipinski definition) is 0. The first-order valence-electron chi connectivity index (χ1n) is 6.64. The van der Waals surface area contributed by atoms with Crippen molar-refractivity contribution in [2.45, 2.75) is 67.2 Å². The van der Waals surface area contributed by atoms with Crippen molar-refractivity contribution in [2.75, 3.05) is 0 Å². The van der Waals surface area contributed by atoms with Crippen molar-refractivity contribution < 1.29 is 0 Å². The fourth-order valence-electron chi connectivity index (χ4n) is 2.04. The van der Waals surface area contributed by atoms with Gasteiger partial charge in [0, 0.05) is 0 Å². The molecule has 0 aromatic rings. The van der Waals surface area contributed by atoms with Crippen LogP contribution in [0.15, 0.2) is 11.6 Å². The van der Waals surface area contributed by atoms with Crippen LogP contribution in [0.2, 0.25) is 0 Å². The van der Waals surface area contributed by atoms with Gasteiger partial charge in [-0.2, -0.15) is 0 Å². The van der Waals surface area contributed by atoms with Crippen LogP contribution >= 0.6 is 0 Å². The molecule has 0 bridgehead atoms. The van der Waals surface area contributed by atoms with Crippen LogP contribution in [0.1, 0.15) is 67.2 Å². The Morgan fingerprint density at radius 2 is 1.67 bits per heavy atom. The maximum atomic E-state index is 2.40. The van der Waals surface area contributed by atoms with Gasteiger partial charge < -0.3 is 0 Å². The van der Waals surface area contributed by atoms with Gasteiger partial charge in [0.15, 0.2) is 0 Å². The average Bonchev–Trinajstić information content (AvgIpc) is 2.15. The molecule has 0 aromatic carbocycles. The van der Waals surface area contributed by atoms with Crippen LogP contribution in [-0.2, 0) is 0 Å². The van der Waals surface area contributed by atoms with Crippen molar-refractivity contribution in [3.05, 3.63) is 11.6 Å². The molecule has 90 valence electrons. The van der Waals surface area contributed by atoms with Gasteiger partial charge in [-0.15, -0.1) is 0 Å². The lowest BCUT2D eigenvalue weighted by Crippen LogP contribution is -2.06. The van der Waals surface area contributed by atoms with Crippen LogP contribution in [0.4, 0.5) is 0 Å². The second-order valence-corrected chi connectivity index (χ2v) is 5.51. The molecule has 0 aliphatic rings. The van der Waals surface area contributed by atoms with E-state index >= 15 is 0 Å². The second kappa shape index (κ2) is 7.96. The van der Waals surface area contributed by atoms with Crippen molar-refractivity contribution in [2.24, 2.45) is 17.8 Å². The molecule has 0 rings (SSSR count). The Bertz CT molecular complexity index is 176. The van der Waals surface area contributed by atoms with Gasteiger partial charge in [0.1, 0.15) is 0 Å². The van der Waals surface area contributed by atoms with Crippen molar-refractivity contribution in [3.63, 3.8) is 0 Å². The topological polar surface area (TPSA) is 0 Å². The van der Waals surface area contributed by atoms with Gasteiger partial charge in [0.25, 0.3) is 0 Å². The standard InChI is InChI=1S/C15H30/c1-7-14(5)15(6)10-8-9-13(4)11-12(2)3/h11-12,14-15H,7-10H2,1-6H3. The molecule has 0 fully saturated rings. The summed E-state index contributed by atoms with van der Waals surface area (Å²) >= 11 is 0. The summed E-state index contributed by atoms with van der Waals surface area (Å²) in [5, 5.41) is 0. The van der Waals surface area contributed by atoms with Crippen LogP contribution in [0, 0.1) is 17.8 Å². The Balaban J connectivity index is 3.70. The molecule has 0 radical (unpaired) electrons. The fourth-order valence-corrected chi connectivity index (χ4v) is 2.04. The van der Waals surface area contributed by atoms with Gasteiger partial charge >= 0.3 is 0 Å². The molecule has 0 spiro atoms. The molecular weight excluding hydrogens is 180 g/mol. The molecule has 0 N–H and O–H groups in total. The maximum absolute atomic E-state index is 2.40. The monoisotopic (exact) mass is 210 g/mol. The van der Waals surface area contributed by atoms with Crippen molar-refractivity contribution >= 4 is 0 Å². The van der Waals surface area contributed by atoms with Crippen molar-refractivity contribution in [1.29, 1.82) is 0 Å². The van der Waals surface area contributed by atoms with Gasteiger partial charge in [-0.1, -0.05) is 59.1 Å². The van der Waals surface area contributed by atoms with E-state index in [1.807, 2.05) is 0 Å². The summed E-state index contributed by atoms with van der Waals surface area (Å²) in [4.78, 5) is 0. The highest BCUT2D eigenvalue weighted by Gasteiger charge is 2.09. The van der Waals surface area contributed by atoms with E-state index in [0.717, 1.165) is 11.8 Å². The van der Waals surface area contributed by atoms with Crippen LogP contribution in [0.5, 0.6) is 0 Å². The molecule has 0 saturated heterocycles. The third kappa shape index (κ3) is 7.64. The molecule has 0 aromatic heterocycles. The zero-order valence-corrected chi connectivity index (χ0v) is 11.6. The summed E-state index contributed by atoms with van der Waals surface area (Å²) in [6, 6.07) is 0. The number of rotatable bonds is 7. The highest BCUT2D eigenvalue weighted by molar-refractivity contribution is 4.99. The van der Waals surface area contributed by atoms with E-state index in [2.05, 4.69) is 47.6 Å². The SMILES string of the molecule is CCC(C)C(C)CCCC(C)=CC(C)C. The Labute approximate surface area is 97.2 Å². The molecule has 0 aliphatic carbocycles. The van der Waals surface area contributed by atoms with Gasteiger partial charge in [-0.25, -0.2) is 0 Å². The van der Waals surface area contributed by atoms with Crippen LogP contribution in [0.3, 0.4) is 0 Å². The summed E-state index contributed by atoms with van der Waals surface area (Å²) in [6.45, 7) is 13.9. The smallest absolute Gasteiger partial charge is 0.0288 e. The third-order valence-electron chi connectivity index (χ3n) is 3.46. The quantitative estimate of drug-likeness (QED) is 0.491. The molecule has 0 heteroatoms. The lowest BCUT2D eigenvalue weighted by atomic mass is 9.88. The highest BCUT2D eigenvalue weighted by Crippen LogP contribution is 2.21. The largest absolute Gasteiger partial charge is 0.0830 e. The molecule has 0 saturated carbocycles. The average molecular weight is 210 g/mol. The first kappa shape index (κ1) is 14.7. The highest BCUT2D eigenvalue weighted by atomic mass is 14.1. The minimum absolute atomic E-state index is 0.706. The van der Waals surface area contributed by atoms with Crippen LogP contribution < -0.4 is 0 Å². The first-order valence-corrected chi connectivity index (χ1v) is 6.64. The van der Waals surface area contributed by atoms with Crippen molar-refractivity contribution in [3.8, 4) is 0 Å². The molecule has 2 atom stereocenters. The minimum atomic E-state index is 0.706. The molecular formula is C15H30. The van der Waals surface area contributed by atoms with Gasteiger partial charge in [-0.05, 0) is 37.5 Å². The van der Waals surface area contributed by atoms with E-state index in [1.165, 1.54) is 25.7 Å². The molecule has 0 amide bonds. The Kier molecular flexibility index (Phi) is 7.82. The molecule has 2 unspecified atom stereocenters. The molecule has 0 aliphatic heterocycles. The van der Waals surface area contributed by atoms with Gasteiger partial charge in [0.05, 0.1) is 0 Å². The Morgan fingerprint density at radius 3 is 2.13 bits per heavy atom. The zero-order valence-electron chi connectivity index (χ0n) is 11.6.